The molecule has 1 N–H and O–H groups in total. The molecule has 144 valence electrons. The van der Waals surface area contributed by atoms with Gasteiger partial charge in [0.1, 0.15) is 0 Å². The molecule has 0 aliphatic carbocycles. The zero-order valence-electron chi connectivity index (χ0n) is 15.8. The van der Waals surface area contributed by atoms with Crippen LogP contribution in [0, 0.1) is 0 Å². The van der Waals surface area contributed by atoms with E-state index in [1.165, 1.54) is 11.0 Å². The van der Waals surface area contributed by atoms with Crippen molar-refractivity contribution in [3.05, 3.63) is 101 Å². The lowest BCUT2D eigenvalue weighted by Crippen LogP contribution is -2.32. The minimum absolute atomic E-state index is 0.256. The van der Waals surface area contributed by atoms with E-state index in [1.54, 1.807) is 30.6 Å². The zero-order valence-corrected chi connectivity index (χ0v) is 15.8. The maximum Gasteiger partial charge on any atom is 0.262 e. The first kappa shape index (κ1) is 18.6. The number of pyridine rings is 1. The number of rotatable bonds is 5. The molecule has 4 rings (SSSR count). The van der Waals surface area contributed by atoms with E-state index in [0.29, 0.717) is 17.7 Å². The summed E-state index contributed by atoms with van der Waals surface area (Å²) in [6.45, 7) is 2.15. The molecule has 1 aliphatic rings. The number of nitrogens with zero attached hydrogens (tertiary/aromatic N) is 2. The second kappa shape index (κ2) is 7.67. The molecule has 6 nitrogen and oxygen atoms in total. The first-order valence-electron chi connectivity index (χ1n) is 9.30. The van der Waals surface area contributed by atoms with Crippen LogP contribution in [0.4, 0.5) is 0 Å². The van der Waals surface area contributed by atoms with Gasteiger partial charge in [0.15, 0.2) is 0 Å². The number of nitrogens with one attached hydrogen (secondary N) is 1. The highest BCUT2D eigenvalue weighted by atomic mass is 16.2. The van der Waals surface area contributed by atoms with Crippen LogP contribution in [0.15, 0.2) is 73.1 Å². The molecule has 1 aliphatic heterocycles. The molecule has 0 saturated heterocycles. The minimum atomic E-state index is -0.397. The Labute approximate surface area is 168 Å². The highest BCUT2D eigenvalue weighted by Crippen LogP contribution is 2.31. The first-order chi connectivity index (χ1) is 14.1. The molecule has 0 unspecified atom stereocenters. The summed E-state index contributed by atoms with van der Waals surface area (Å²) in [5.74, 6) is -1.04. The Morgan fingerprint density at radius 1 is 1.00 bits per heavy atom. The molecule has 3 aromatic rings. The number of hydrogen-bond acceptors (Lipinski definition) is 4. The summed E-state index contributed by atoms with van der Waals surface area (Å²) in [4.78, 5) is 43.5. The fourth-order valence-electron chi connectivity index (χ4n) is 3.42. The van der Waals surface area contributed by atoms with Gasteiger partial charge in [0.2, 0.25) is 0 Å². The van der Waals surface area contributed by atoms with Crippen LogP contribution in [0.1, 0.15) is 55.2 Å². The highest BCUT2D eigenvalue weighted by molar-refractivity contribution is 6.22. The lowest BCUT2D eigenvalue weighted by Gasteiger charge is -2.22. The van der Waals surface area contributed by atoms with Crippen molar-refractivity contribution in [2.24, 2.45) is 0 Å². The van der Waals surface area contributed by atoms with Crippen LogP contribution >= 0.6 is 0 Å². The second-order valence-corrected chi connectivity index (χ2v) is 6.87. The molecule has 29 heavy (non-hydrogen) atoms. The summed E-state index contributed by atoms with van der Waals surface area (Å²) < 4.78 is 0. The molecule has 3 amide bonds. The monoisotopic (exact) mass is 385 g/mol. The zero-order chi connectivity index (χ0) is 20.4. The van der Waals surface area contributed by atoms with E-state index in [9.17, 15) is 14.4 Å². The Bertz CT molecular complexity index is 1080. The van der Waals surface area contributed by atoms with Gasteiger partial charge in [-0.05, 0) is 42.3 Å². The van der Waals surface area contributed by atoms with Crippen LogP contribution in [-0.4, -0.2) is 27.6 Å². The van der Waals surface area contributed by atoms with Crippen LogP contribution in [0.5, 0.6) is 0 Å². The molecule has 1 atom stereocenters. The summed E-state index contributed by atoms with van der Waals surface area (Å²) in [5, 5.41) is 2.80. The van der Waals surface area contributed by atoms with E-state index in [4.69, 9.17) is 0 Å². The third-order valence-corrected chi connectivity index (χ3v) is 5.03. The molecule has 0 fully saturated rings. The smallest absolute Gasteiger partial charge is 0.262 e. The van der Waals surface area contributed by atoms with E-state index in [1.807, 2.05) is 43.3 Å². The third kappa shape index (κ3) is 3.52. The summed E-state index contributed by atoms with van der Waals surface area (Å²) in [6.07, 6.45) is 3.34. The van der Waals surface area contributed by atoms with Gasteiger partial charge in [-0.1, -0.05) is 36.4 Å². The van der Waals surface area contributed by atoms with Gasteiger partial charge in [-0.15, -0.1) is 0 Å². The SMILES string of the molecule is C[C@H](c1ccccc1)N1C(=O)c2ccc(C(=O)NCc3cccnc3)cc2C1=O. The van der Waals surface area contributed by atoms with Gasteiger partial charge in [-0.3, -0.25) is 24.3 Å². The van der Waals surface area contributed by atoms with Crippen molar-refractivity contribution in [3.8, 4) is 0 Å². The van der Waals surface area contributed by atoms with Gasteiger partial charge in [-0.25, -0.2) is 0 Å². The van der Waals surface area contributed by atoms with Crippen LogP contribution in [0.2, 0.25) is 0 Å². The number of fused-ring (bicyclic) bond motifs is 1. The number of carbonyl (C=O) groups excluding carboxylic acids is 3. The molecule has 1 aromatic heterocycles. The van der Waals surface area contributed by atoms with E-state index >= 15 is 0 Å². The molecular weight excluding hydrogens is 366 g/mol. The van der Waals surface area contributed by atoms with Crippen LogP contribution in [0.3, 0.4) is 0 Å². The van der Waals surface area contributed by atoms with Crippen LogP contribution in [-0.2, 0) is 6.54 Å². The molecule has 0 bridgehead atoms. The summed E-state index contributed by atoms with van der Waals surface area (Å²) in [5.41, 5.74) is 2.66. The fraction of sp³-hybridized carbons (Fsp3) is 0.130. The van der Waals surface area contributed by atoms with E-state index in [2.05, 4.69) is 10.3 Å². The Morgan fingerprint density at radius 2 is 1.76 bits per heavy atom. The molecule has 0 spiro atoms. The number of imide groups is 1. The van der Waals surface area contributed by atoms with Crippen molar-refractivity contribution in [2.45, 2.75) is 19.5 Å². The maximum absolute atomic E-state index is 12.9. The summed E-state index contributed by atoms with van der Waals surface area (Å²) in [7, 11) is 0. The van der Waals surface area contributed by atoms with Gasteiger partial charge < -0.3 is 5.32 Å². The van der Waals surface area contributed by atoms with Crippen molar-refractivity contribution >= 4 is 17.7 Å². The van der Waals surface area contributed by atoms with Gasteiger partial charge in [0, 0.05) is 24.5 Å². The Morgan fingerprint density at radius 3 is 2.48 bits per heavy atom. The van der Waals surface area contributed by atoms with Crippen molar-refractivity contribution in [1.29, 1.82) is 0 Å². The van der Waals surface area contributed by atoms with Crippen LogP contribution in [0.25, 0.3) is 0 Å². The second-order valence-electron chi connectivity index (χ2n) is 6.87. The van der Waals surface area contributed by atoms with E-state index < -0.39 is 6.04 Å². The Kier molecular flexibility index (Phi) is 4.91. The van der Waals surface area contributed by atoms with Crippen molar-refractivity contribution in [3.63, 3.8) is 0 Å². The Hall–Kier alpha value is -3.80. The highest BCUT2D eigenvalue weighted by Gasteiger charge is 2.39. The molecule has 2 aromatic carbocycles. The lowest BCUT2D eigenvalue weighted by atomic mass is 10.1. The topological polar surface area (TPSA) is 79.4 Å². The Balaban J connectivity index is 1.54. The molecule has 0 radical (unpaired) electrons. The van der Waals surface area contributed by atoms with Crippen molar-refractivity contribution in [1.82, 2.24) is 15.2 Å². The first-order valence-corrected chi connectivity index (χ1v) is 9.30. The molecule has 6 heteroatoms. The minimum Gasteiger partial charge on any atom is -0.348 e. The van der Waals surface area contributed by atoms with Crippen LogP contribution < -0.4 is 5.32 Å². The van der Waals surface area contributed by atoms with Gasteiger partial charge in [0.05, 0.1) is 17.2 Å². The van der Waals surface area contributed by atoms with E-state index in [-0.39, 0.29) is 23.3 Å². The van der Waals surface area contributed by atoms with Gasteiger partial charge >= 0.3 is 0 Å². The largest absolute Gasteiger partial charge is 0.348 e. The van der Waals surface area contributed by atoms with Crippen molar-refractivity contribution in [2.75, 3.05) is 0 Å². The van der Waals surface area contributed by atoms with Crippen molar-refractivity contribution < 1.29 is 14.4 Å². The fourth-order valence-corrected chi connectivity index (χ4v) is 3.42. The number of carbonyl (C=O) groups is 3. The number of benzene rings is 2. The third-order valence-electron chi connectivity index (χ3n) is 5.03. The van der Waals surface area contributed by atoms with Gasteiger partial charge in [-0.2, -0.15) is 0 Å². The standard InChI is InChI=1S/C23H19N3O3/c1-15(17-7-3-2-4-8-17)26-22(28)19-10-9-18(12-20(19)23(26)29)21(27)25-14-16-6-5-11-24-13-16/h2-13,15H,14H2,1H3,(H,25,27)/t15-/m1/s1. The number of aromatic nitrogens is 1. The molecular formula is C23H19N3O3. The summed E-state index contributed by atoms with van der Waals surface area (Å²) >= 11 is 0. The average Bonchev–Trinajstić information content (AvgIpc) is 3.02. The predicted octanol–water partition coefficient (Wildman–Crippen LogP) is 3.37. The lowest BCUT2D eigenvalue weighted by molar-refractivity contribution is 0.0595. The average molecular weight is 385 g/mol. The number of hydrogen-bond donors (Lipinski definition) is 1. The summed E-state index contributed by atoms with van der Waals surface area (Å²) in [6, 6.07) is 17.3. The quantitative estimate of drug-likeness (QED) is 0.683. The van der Waals surface area contributed by atoms with Gasteiger partial charge in [0.25, 0.3) is 17.7 Å². The maximum atomic E-state index is 12.9. The molecule has 2 heterocycles. The van der Waals surface area contributed by atoms with E-state index in [0.717, 1.165) is 11.1 Å². The normalized spacial score (nSPS) is 13.9. The predicted molar refractivity (Wildman–Crippen MR) is 107 cm³/mol. The number of amides is 3. The molecule has 0 saturated carbocycles.